The van der Waals surface area contributed by atoms with Gasteiger partial charge in [0.05, 0.1) is 36.0 Å². The van der Waals surface area contributed by atoms with Gasteiger partial charge < -0.3 is 14.7 Å². The van der Waals surface area contributed by atoms with E-state index >= 15 is 0 Å². The maximum absolute atomic E-state index is 14.3. The minimum Gasteiger partial charge on any atom is -0.508 e. The van der Waals surface area contributed by atoms with Gasteiger partial charge in [0.15, 0.2) is 9.75 Å². The zero-order valence-corrected chi connectivity index (χ0v) is 28.6. The third kappa shape index (κ3) is 4.77. The first-order valence-corrected chi connectivity index (χ1v) is 16.5. The van der Waals surface area contributed by atoms with Crippen molar-refractivity contribution >= 4 is 69.6 Å². The van der Waals surface area contributed by atoms with Crippen LogP contribution in [0.15, 0.2) is 88.6 Å². The van der Waals surface area contributed by atoms with Crippen molar-refractivity contribution in [2.45, 2.75) is 28.5 Å². The number of carbonyl (C=O) groups excluding carboxylic acids is 4. The van der Waals surface area contributed by atoms with Crippen LogP contribution in [0.2, 0.25) is 0 Å². The first-order chi connectivity index (χ1) is 23.3. The third-order valence-electron chi connectivity index (χ3n) is 10.3. The molecule has 3 aromatic rings. The first-order valence-electron chi connectivity index (χ1n) is 15.8. The number of alkyl halides is 2. The SMILES string of the molecule is COc1cc(O)ccc1[C@H]1C2=CC[C@@H]3C(=O)N(c4ccc(N=Nc5ccc(N(C)C)cc5)cc4)C(=O)[C@@H]3[C@@H]2C[C@@]2(Cl)C(=O)N(C)C(=O)[C@@]12Cl. The fourth-order valence-electron chi connectivity index (χ4n) is 7.88. The Morgan fingerprint density at radius 3 is 2.12 bits per heavy atom. The number of phenolic OH excluding ortho intramolecular Hbond substituents is 1. The molecule has 3 fully saturated rings. The van der Waals surface area contributed by atoms with Gasteiger partial charge >= 0.3 is 0 Å². The van der Waals surface area contributed by atoms with Gasteiger partial charge in [-0.25, -0.2) is 0 Å². The normalized spacial score (nSPS) is 29.2. The maximum atomic E-state index is 14.3. The number of hydrogen-bond acceptors (Lipinski definition) is 9. The van der Waals surface area contributed by atoms with E-state index < -0.39 is 51.1 Å². The second-order valence-electron chi connectivity index (χ2n) is 13.1. The van der Waals surface area contributed by atoms with E-state index in [9.17, 15) is 24.3 Å². The summed E-state index contributed by atoms with van der Waals surface area (Å²) in [5.41, 5.74) is 3.69. The standard InChI is InChI=1S/C36H33Cl2N5O6/c1-41(2)21-9-5-19(6-10-21)39-40-20-7-11-22(12-8-20)43-31(45)26-16-15-24-27(29(26)32(43)46)18-35(37)33(47)42(3)34(48)36(35,38)30(24)25-14-13-23(44)17-28(25)49-4/h5-15,17,26-27,29-30,44H,16,18H2,1-4H3/t26-,27+,29-,30+,35+,36-/m0/s1. The van der Waals surface area contributed by atoms with Gasteiger partial charge in [-0.1, -0.05) is 17.7 Å². The van der Waals surface area contributed by atoms with Crippen LogP contribution >= 0.6 is 23.2 Å². The van der Waals surface area contributed by atoms with E-state index in [-0.39, 0.29) is 30.2 Å². The number of azo groups is 1. The van der Waals surface area contributed by atoms with Gasteiger partial charge in [0.2, 0.25) is 11.8 Å². The van der Waals surface area contributed by atoms with Crippen molar-refractivity contribution in [3.8, 4) is 11.5 Å². The average molecular weight is 703 g/mol. The van der Waals surface area contributed by atoms with E-state index in [2.05, 4.69) is 10.2 Å². The van der Waals surface area contributed by atoms with Gasteiger partial charge in [-0.05, 0) is 73.4 Å². The van der Waals surface area contributed by atoms with Crippen LogP contribution < -0.4 is 14.5 Å². The predicted octanol–water partition coefficient (Wildman–Crippen LogP) is 6.08. The van der Waals surface area contributed by atoms with Crippen molar-refractivity contribution in [3.63, 3.8) is 0 Å². The molecule has 252 valence electrons. The van der Waals surface area contributed by atoms with E-state index in [1.54, 1.807) is 30.3 Å². The summed E-state index contributed by atoms with van der Waals surface area (Å²) in [6.45, 7) is 0. The highest BCUT2D eigenvalue weighted by atomic mass is 35.5. The van der Waals surface area contributed by atoms with Gasteiger partial charge in [0.25, 0.3) is 11.8 Å². The number of fused-ring (bicyclic) bond motifs is 4. The van der Waals surface area contributed by atoms with Crippen LogP contribution in [0.4, 0.5) is 22.7 Å². The van der Waals surface area contributed by atoms with Crippen LogP contribution in [0.1, 0.15) is 24.3 Å². The van der Waals surface area contributed by atoms with Gasteiger partial charge in [0, 0.05) is 44.4 Å². The van der Waals surface area contributed by atoms with Gasteiger partial charge in [-0.3, -0.25) is 29.0 Å². The number of hydrogen-bond donors (Lipinski definition) is 1. The molecule has 4 aliphatic rings. The van der Waals surface area contributed by atoms with E-state index in [1.165, 1.54) is 31.2 Å². The molecule has 1 N–H and O–H groups in total. The maximum Gasteiger partial charge on any atom is 0.253 e. The Morgan fingerprint density at radius 2 is 1.51 bits per heavy atom. The zero-order chi connectivity index (χ0) is 35.0. The largest absolute Gasteiger partial charge is 0.508 e. The summed E-state index contributed by atoms with van der Waals surface area (Å²) in [5.74, 6) is -5.22. The van der Waals surface area contributed by atoms with Crippen molar-refractivity contribution in [2.24, 2.45) is 28.0 Å². The molecular formula is C36H33Cl2N5O6. The average Bonchev–Trinajstić information content (AvgIpc) is 3.42. The molecule has 1 saturated carbocycles. The molecule has 2 heterocycles. The minimum atomic E-state index is -1.95. The number of halogens is 2. The Hall–Kier alpha value is -4.74. The summed E-state index contributed by atoms with van der Waals surface area (Å²) in [5, 5.41) is 18.8. The predicted molar refractivity (Wildman–Crippen MR) is 184 cm³/mol. The Bertz CT molecular complexity index is 1960. The minimum absolute atomic E-state index is 0.0734. The fourth-order valence-corrected chi connectivity index (χ4v) is 8.89. The van der Waals surface area contributed by atoms with E-state index in [0.29, 0.717) is 28.2 Å². The second kappa shape index (κ2) is 11.7. The summed E-state index contributed by atoms with van der Waals surface area (Å²) in [6, 6.07) is 18.7. The molecule has 49 heavy (non-hydrogen) atoms. The van der Waals surface area contributed by atoms with Crippen molar-refractivity contribution in [1.82, 2.24) is 4.90 Å². The Kier molecular flexibility index (Phi) is 7.83. The molecule has 2 aliphatic carbocycles. The highest BCUT2D eigenvalue weighted by Gasteiger charge is 2.76. The Morgan fingerprint density at radius 1 is 0.878 bits per heavy atom. The van der Waals surface area contributed by atoms with Crippen molar-refractivity contribution in [2.75, 3.05) is 38.1 Å². The molecular weight excluding hydrogens is 669 g/mol. The van der Waals surface area contributed by atoms with Crippen LogP contribution in [0.25, 0.3) is 0 Å². The van der Waals surface area contributed by atoms with Gasteiger partial charge in [0.1, 0.15) is 11.5 Å². The lowest BCUT2D eigenvalue weighted by molar-refractivity contribution is -0.138. The molecule has 0 aromatic heterocycles. The molecule has 0 radical (unpaired) electrons. The topological polar surface area (TPSA) is 132 Å². The van der Waals surface area contributed by atoms with E-state index in [0.717, 1.165) is 10.6 Å². The number of amides is 4. The number of imide groups is 2. The second-order valence-corrected chi connectivity index (χ2v) is 14.3. The molecule has 4 amide bonds. The molecule has 0 spiro atoms. The lowest BCUT2D eigenvalue weighted by Crippen LogP contribution is -2.60. The Labute approximate surface area is 292 Å². The van der Waals surface area contributed by atoms with Crippen molar-refractivity contribution in [1.29, 1.82) is 0 Å². The van der Waals surface area contributed by atoms with Gasteiger partial charge in [-0.2, -0.15) is 10.2 Å². The van der Waals surface area contributed by atoms with Crippen molar-refractivity contribution in [3.05, 3.63) is 83.9 Å². The number of benzene rings is 3. The molecule has 11 nitrogen and oxygen atoms in total. The van der Waals surface area contributed by atoms with Crippen LogP contribution in [0.5, 0.6) is 11.5 Å². The quantitative estimate of drug-likeness (QED) is 0.143. The molecule has 0 bridgehead atoms. The molecule has 6 atom stereocenters. The molecule has 2 aliphatic heterocycles. The number of ether oxygens (including phenoxy) is 1. The summed E-state index contributed by atoms with van der Waals surface area (Å²) in [6.07, 6.45) is 1.94. The molecule has 0 unspecified atom stereocenters. The molecule has 3 aromatic carbocycles. The first kappa shape index (κ1) is 32.8. The fraction of sp³-hybridized carbons (Fsp3) is 0.333. The number of allylic oxidation sites excluding steroid dienone is 2. The number of aromatic hydroxyl groups is 1. The van der Waals surface area contributed by atoms with E-state index in [4.69, 9.17) is 27.9 Å². The van der Waals surface area contributed by atoms with Crippen LogP contribution in [-0.4, -0.2) is 71.6 Å². The zero-order valence-electron chi connectivity index (χ0n) is 27.1. The third-order valence-corrected chi connectivity index (χ3v) is 11.7. The Balaban J connectivity index is 1.22. The summed E-state index contributed by atoms with van der Waals surface area (Å²) < 4.78 is 5.60. The molecule has 2 saturated heterocycles. The van der Waals surface area contributed by atoms with Crippen LogP contribution in [0, 0.1) is 17.8 Å². The number of likely N-dealkylation sites (tertiary alicyclic amines) is 1. The number of anilines is 2. The van der Waals surface area contributed by atoms with Crippen LogP contribution in [0.3, 0.4) is 0 Å². The van der Waals surface area contributed by atoms with E-state index in [1.807, 2.05) is 49.3 Å². The number of methoxy groups -OCH3 is 1. The molecule has 7 rings (SSSR count). The van der Waals surface area contributed by atoms with Crippen LogP contribution in [-0.2, 0) is 19.2 Å². The number of phenols is 1. The lowest BCUT2D eigenvalue weighted by atomic mass is 9.56. The lowest BCUT2D eigenvalue weighted by Gasteiger charge is -2.51. The van der Waals surface area contributed by atoms with Crippen molar-refractivity contribution < 1.29 is 29.0 Å². The molecule has 13 heteroatoms. The summed E-state index contributed by atoms with van der Waals surface area (Å²) >= 11 is 14.5. The monoisotopic (exact) mass is 701 g/mol. The smallest absolute Gasteiger partial charge is 0.253 e. The summed E-state index contributed by atoms with van der Waals surface area (Å²) in [4.78, 5) is 55.9. The van der Waals surface area contributed by atoms with Gasteiger partial charge in [-0.15, -0.1) is 23.2 Å². The number of nitrogens with zero attached hydrogens (tertiary/aromatic N) is 5. The number of carbonyl (C=O) groups is 4. The number of rotatable bonds is 6. The highest BCUT2D eigenvalue weighted by molar-refractivity contribution is 6.53. The highest BCUT2D eigenvalue weighted by Crippen LogP contribution is 2.66. The summed E-state index contributed by atoms with van der Waals surface area (Å²) in [7, 11) is 6.66.